The molecule has 2 aromatic carbocycles. The monoisotopic (exact) mass is 390 g/mol. The minimum atomic E-state index is -0.652. The van der Waals surface area contributed by atoms with Crippen molar-refractivity contribution in [2.75, 3.05) is 5.32 Å². The summed E-state index contributed by atoms with van der Waals surface area (Å²) in [4.78, 5) is 32.6. The first-order chi connectivity index (χ1) is 14.1. The second kappa shape index (κ2) is 7.89. The van der Waals surface area contributed by atoms with E-state index < -0.39 is 11.3 Å². The van der Waals surface area contributed by atoms with Gasteiger partial charge < -0.3 is 10.3 Å². The van der Waals surface area contributed by atoms with Crippen molar-refractivity contribution in [3.8, 4) is 11.4 Å². The molecule has 4 N–H and O–H groups in total. The largest absolute Gasteiger partial charge is 0.341 e. The highest BCUT2D eigenvalue weighted by atomic mass is 16.5. The Hall–Kier alpha value is -3.45. The summed E-state index contributed by atoms with van der Waals surface area (Å²) in [5, 5.41) is 11.7. The van der Waals surface area contributed by atoms with Crippen molar-refractivity contribution in [2.45, 2.75) is 31.1 Å². The molecule has 0 atom stereocenters. The summed E-state index contributed by atoms with van der Waals surface area (Å²) in [6, 6.07) is 16.2. The fourth-order valence-electron chi connectivity index (χ4n) is 3.92. The summed E-state index contributed by atoms with van der Waals surface area (Å²) in [6.07, 6.45) is 5.22. The van der Waals surface area contributed by atoms with Crippen LogP contribution in [-0.4, -0.2) is 27.0 Å². The van der Waals surface area contributed by atoms with Gasteiger partial charge in [0.05, 0.1) is 11.1 Å². The maximum Gasteiger partial charge on any atom is 0.274 e. The van der Waals surface area contributed by atoms with Crippen LogP contribution in [0.2, 0.25) is 0 Å². The van der Waals surface area contributed by atoms with Crippen LogP contribution in [0.1, 0.15) is 41.7 Å². The van der Waals surface area contributed by atoms with E-state index in [9.17, 15) is 9.59 Å². The number of carbonyl (C=O) groups is 2. The molecule has 148 valence electrons. The van der Waals surface area contributed by atoms with Crippen molar-refractivity contribution in [3.63, 3.8) is 0 Å². The quantitative estimate of drug-likeness (QED) is 0.394. The number of carbonyl (C=O) groups excluding carboxylic acids is 2. The molecule has 1 aliphatic carbocycles. The molecule has 1 fully saturated rings. The number of nitrogens with zero attached hydrogens (tertiary/aromatic N) is 1. The van der Waals surface area contributed by atoms with Gasteiger partial charge in [-0.3, -0.25) is 14.8 Å². The van der Waals surface area contributed by atoms with E-state index in [-0.39, 0.29) is 5.91 Å². The van der Waals surface area contributed by atoms with Gasteiger partial charge in [0.2, 0.25) is 5.91 Å². The Bertz CT molecular complexity index is 1010. The third kappa shape index (κ3) is 3.64. The normalized spacial score (nSPS) is 15.1. The number of nitrogens with one attached hydrogen (secondary N) is 3. The van der Waals surface area contributed by atoms with Gasteiger partial charge >= 0.3 is 0 Å². The molecule has 4 rings (SSSR count). The van der Waals surface area contributed by atoms with Crippen LogP contribution in [-0.2, 0) is 10.2 Å². The summed E-state index contributed by atoms with van der Waals surface area (Å²) < 4.78 is 0. The van der Waals surface area contributed by atoms with E-state index in [1.807, 2.05) is 30.3 Å². The number of aromatic amines is 1. The number of imidazole rings is 1. The van der Waals surface area contributed by atoms with Gasteiger partial charge in [-0.1, -0.05) is 43.2 Å². The van der Waals surface area contributed by atoms with E-state index in [2.05, 4.69) is 15.3 Å². The number of hydrogen-bond donors (Lipinski definition) is 4. The number of H-pyrrole nitrogens is 1. The van der Waals surface area contributed by atoms with E-state index in [0.717, 1.165) is 42.8 Å². The molecule has 29 heavy (non-hydrogen) atoms. The van der Waals surface area contributed by atoms with Gasteiger partial charge in [0.1, 0.15) is 5.82 Å². The van der Waals surface area contributed by atoms with Gasteiger partial charge in [0.15, 0.2) is 0 Å². The average Bonchev–Trinajstić information content (AvgIpc) is 3.45. The number of hydroxylamine groups is 1. The molecule has 0 spiro atoms. The first-order valence-corrected chi connectivity index (χ1v) is 9.59. The van der Waals surface area contributed by atoms with Gasteiger partial charge in [-0.05, 0) is 37.1 Å². The minimum absolute atomic E-state index is 0.0855. The fourth-order valence-corrected chi connectivity index (χ4v) is 3.92. The lowest BCUT2D eigenvalue weighted by atomic mass is 9.82. The zero-order valence-electron chi connectivity index (χ0n) is 15.8. The van der Waals surface area contributed by atoms with Crippen LogP contribution in [0.5, 0.6) is 0 Å². The van der Waals surface area contributed by atoms with Crippen LogP contribution in [0.25, 0.3) is 11.4 Å². The van der Waals surface area contributed by atoms with Crippen molar-refractivity contribution >= 4 is 17.5 Å². The van der Waals surface area contributed by atoms with Gasteiger partial charge in [-0.2, -0.15) is 0 Å². The average molecular weight is 390 g/mol. The SMILES string of the molecule is O=C(NO)c1ccc(NC(=O)C2(c3cnc(-c4ccccc4)[nH]3)CCCC2)cc1. The smallest absolute Gasteiger partial charge is 0.274 e. The molecule has 0 bridgehead atoms. The Balaban J connectivity index is 1.58. The van der Waals surface area contributed by atoms with Gasteiger partial charge in [-0.15, -0.1) is 0 Å². The number of rotatable bonds is 5. The van der Waals surface area contributed by atoms with E-state index in [1.165, 1.54) is 0 Å². The Morgan fingerprint density at radius 2 is 1.69 bits per heavy atom. The van der Waals surface area contributed by atoms with Crippen molar-refractivity contribution < 1.29 is 14.8 Å². The number of hydrogen-bond acceptors (Lipinski definition) is 4. The van der Waals surface area contributed by atoms with Crippen LogP contribution in [0, 0.1) is 0 Å². The summed E-state index contributed by atoms with van der Waals surface area (Å²) in [6.45, 7) is 0. The van der Waals surface area contributed by atoms with Crippen LogP contribution in [0.15, 0.2) is 60.8 Å². The van der Waals surface area contributed by atoms with Crippen molar-refractivity contribution in [2.24, 2.45) is 0 Å². The molecular formula is C22H22N4O3. The molecule has 0 aliphatic heterocycles. The molecule has 1 aliphatic rings. The molecular weight excluding hydrogens is 368 g/mol. The van der Waals surface area contributed by atoms with E-state index in [1.54, 1.807) is 35.9 Å². The fraction of sp³-hybridized carbons (Fsp3) is 0.227. The number of benzene rings is 2. The van der Waals surface area contributed by atoms with Gasteiger partial charge in [0, 0.05) is 23.0 Å². The number of amides is 2. The zero-order valence-corrected chi connectivity index (χ0v) is 15.8. The van der Waals surface area contributed by atoms with Gasteiger partial charge in [0.25, 0.3) is 5.91 Å². The number of aromatic nitrogens is 2. The van der Waals surface area contributed by atoms with E-state index in [0.29, 0.717) is 11.3 Å². The Morgan fingerprint density at radius 3 is 2.34 bits per heavy atom. The first-order valence-electron chi connectivity index (χ1n) is 9.59. The lowest BCUT2D eigenvalue weighted by Gasteiger charge is -2.26. The lowest BCUT2D eigenvalue weighted by molar-refractivity contribution is -0.121. The molecule has 1 saturated carbocycles. The van der Waals surface area contributed by atoms with Crippen LogP contribution in [0.4, 0.5) is 5.69 Å². The van der Waals surface area contributed by atoms with Crippen LogP contribution in [0.3, 0.4) is 0 Å². The Morgan fingerprint density at radius 1 is 1.00 bits per heavy atom. The third-order valence-corrected chi connectivity index (χ3v) is 5.54. The highest BCUT2D eigenvalue weighted by Crippen LogP contribution is 2.41. The maximum atomic E-state index is 13.3. The first kappa shape index (κ1) is 18.9. The van der Waals surface area contributed by atoms with Crippen molar-refractivity contribution in [1.82, 2.24) is 15.4 Å². The van der Waals surface area contributed by atoms with Crippen LogP contribution < -0.4 is 10.8 Å². The summed E-state index contributed by atoms with van der Waals surface area (Å²) in [5.41, 5.74) is 3.64. The predicted molar refractivity (Wildman–Crippen MR) is 108 cm³/mol. The molecule has 2 amide bonds. The second-order valence-electron chi connectivity index (χ2n) is 7.27. The molecule has 0 saturated heterocycles. The summed E-state index contributed by atoms with van der Waals surface area (Å²) >= 11 is 0. The molecule has 0 unspecified atom stereocenters. The number of anilines is 1. The van der Waals surface area contributed by atoms with E-state index >= 15 is 0 Å². The maximum absolute atomic E-state index is 13.3. The highest BCUT2D eigenvalue weighted by Gasteiger charge is 2.44. The predicted octanol–water partition coefficient (Wildman–Crippen LogP) is 3.65. The Kier molecular flexibility index (Phi) is 5.14. The molecule has 0 radical (unpaired) electrons. The van der Waals surface area contributed by atoms with E-state index in [4.69, 9.17) is 5.21 Å². The Labute approximate surface area is 168 Å². The van der Waals surface area contributed by atoms with Crippen molar-refractivity contribution in [3.05, 3.63) is 72.1 Å². The summed E-state index contributed by atoms with van der Waals surface area (Å²) in [5.74, 6) is 0.0673. The topological polar surface area (TPSA) is 107 Å². The molecule has 1 aromatic heterocycles. The molecule has 7 nitrogen and oxygen atoms in total. The lowest BCUT2D eigenvalue weighted by Crippen LogP contribution is -2.38. The van der Waals surface area contributed by atoms with Crippen molar-refractivity contribution in [1.29, 1.82) is 0 Å². The van der Waals surface area contributed by atoms with Crippen LogP contribution >= 0.6 is 0 Å². The standard InChI is InChI=1S/C22H22N4O3/c27-20(26-29)16-8-10-17(11-9-16)24-21(28)22(12-4-5-13-22)18-14-23-19(25-18)15-6-2-1-3-7-15/h1-3,6-11,14,29H,4-5,12-13H2,(H,23,25)(H,24,28)(H,26,27). The third-order valence-electron chi connectivity index (χ3n) is 5.54. The van der Waals surface area contributed by atoms with Gasteiger partial charge in [-0.25, -0.2) is 10.5 Å². The minimum Gasteiger partial charge on any atom is -0.341 e. The molecule has 3 aromatic rings. The molecule has 1 heterocycles. The highest BCUT2D eigenvalue weighted by molar-refractivity contribution is 6.00. The summed E-state index contributed by atoms with van der Waals surface area (Å²) in [7, 11) is 0. The zero-order chi connectivity index (χ0) is 20.3. The molecule has 7 heteroatoms. The second-order valence-corrected chi connectivity index (χ2v) is 7.27.